The number of hydrogen-bond acceptors (Lipinski definition) is 4. The number of carboxylic acids is 1. The van der Waals surface area contributed by atoms with Crippen molar-refractivity contribution < 1.29 is 19.1 Å². The third kappa shape index (κ3) is 2.34. The van der Waals surface area contributed by atoms with Gasteiger partial charge in [-0.1, -0.05) is 6.92 Å². The van der Waals surface area contributed by atoms with E-state index < -0.39 is 11.4 Å². The summed E-state index contributed by atoms with van der Waals surface area (Å²) in [7, 11) is 0. The molecule has 0 bridgehead atoms. The second-order valence-corrected chi connectivity index (χ2v) is 5.00. The molecule has 0 aliphatic carbocycles. The monoisotopic (exact) mass is 266 g/mol. The molecule has 0 radical (unpaired) electrons. The van der Waals surface area contributed by atoms with E-state index in [9.17, 15) is 14.7 Å². The zero-order valence-electron chi connectivity index (χ0n) is 11.2. The van der Waals surface area contributed by atoms with Crippen molar-refractivity contribution in [1.29, 1.82) is 0 Å². The Labute approximate surface area is 111 Å². The van der Waals surface area contributed by atoms with Gasteiger partial charge in [0, 0.05) is 13.1 Å². The molecule has 0 saturated carbocycles. The molecule has 6 nitrogen and oxygen atoms in total. The highest BCUT2D eigenvalue weighted by molar-refractivity contribution is 5.92. The largest absolute Gasteiger partial charge is 0.481 e. The van der Waals surface area contributed by atoms with Gasteiger partial charge in [0.2, 0.25) is 5.76 Å². The molecule has 2 rings (SSSR count). The summed E-state index contributed by atoms with van der Waals surface area (Å²) in [6.07, 6.45) is 2.81. The third-order valence-electron chi connectivity index (χ3n) is 4.08. The lowest BCUT2D eigenvalue weighted by atomic mass is 9.76. The number of piperidine rings is 1. The smallest absolute Gasteiger partial charge is 0.309 e. The van der Waals surface area contributed by atoms with E-state index in [1.807, 2.05) is 6.92 Å². The third-order valence-corrected chi connectivity index (χ3v) is 4.08. The summed E-state index contributed by atoms with van der Waals surface area (Å²) in [5, 5.41) is 9.31. The van der Waals surface area contributed by atoms with E-state index >= 15 is 0 Å². The molecule has 6 heteroatoms. The first-order valence-electron chi connectivity index (χ1n) is 6.43. The fraction of sp³-hybridized carbons (Fsp3) is 0.615. The molecule has 1 fully saturated rings. The topological polar surface area (TPSA) is 83.6 Å². The molecule has 1 aromatic heterocycles. The van der Waals surface area contributed by atoms with Gasteiger partial charge in [0.05, 0.1) is 11.1 Å². The van der Waals surface area contributed by atoms with Gasteiger partial charge in [-0.25, -0.2) is 4.98 Å². The Morgan fingerprint density at radius 1 is 1.47 bits per heavy atom. The van der Waals surface area contributed by atoms with Crippen LogP contribution in [0, 0.1) is 12.3 Å². The molecule has 2 heterocycles. The van der Waals surface area contributed by atoms with Crippen LogP contribution in [0.3, 0.4) is 0 Å². The van der Waals surface area contributed by atoms with Crippen LogP contribution in [0.5, 0.6) is 0 Å². The first-order valence-corrected chi connectivity index (χ1v) is 6.43. The Balaban J connectivity index is 2.06. The van der Waals surface area contributed by atoms with Crippen molar-refractivity contribution in [1.82, 2.24) is 9.88 Å². The quantitative estimate of drug-likeness (QED) is 0.900. The molecular weight excluding hydrogens is 248 g/mol. The van der Waals surface area contributed by atoms with E-state index in [1.54, 1.807) is 11.8 Å². The van der Waals surface area contributed by atoms with Crippen LogP contribution in [0.4, 0.5) is 0 Å². The molecule has 1 N–H and O–H groups in total. The van der Waals surface area contributed by atoms with Crippen LogP contribution in [0.15, 0.2) is 10.8 Å². The number of aromatic nitrogens is 1. The minimum Gasteiger partial charge on any atom is -0.481 e. The van der Waals surface area contributed by atoms with Crippen molar-refractivity contribution in [3.05, 3.63) is 17.8 Å². The first kappa shape index (κ1) is 13.6. The van der Waals surface area contributed by atoms with Crippen LogP contribution in [0.1, 0.15) is 42.4 Å². The highest BCUT2D eigenvalue weighted by Gasteiger charge is 2.41. The van der Waals surface area contributed by atoms with Gasteiger partial charge >= 0.3 is 5.97 Å². The van der Waals surface area contributed by atoms with E-state index in [2.05, 4.69) is 4.98 Å². The first-order chi connectivity index (χ1) is 9.00. The normalized spacial score (nSPS) is 18.3. The highest BCUT2D eigenvalue weighted by Crippen LogP contribution is 2.35. The van der Waals surface area contributed by atoms with Gasteiger partial charge in [-0.2, -0.15) is 0 Å². The van der Waals surface area contributed by atoms with Gasteiger partial charge < -0.3 is 14.4 Å². The summed E-state index contributed by atoms with van der Waals surface area (Å²) in [6.45, 7) is 4.48. The molecule has 0 spiro atoms. The zero-order chi connectivity index (χ0) is 14.0. The van der Waals surface area contributed by atoms with Crippen LogP contribution in [-0.2, 0) is 4.79 Å². The number of likely N-dealkylation sites (tertiary alicyclic amines) is 1. The van der Waals surface area contributed by atoms with Crippen molar-refractivity contribution in [2.45, 2.75) is 33.1 Å². The molecule has 1 aromatic rings. The SMILES string of the molecule is CCC1(C(=O)O)CCN(C(=O)c2ocnc2C)CC1. The van der Waals surface area contributed by atoms with E-state index in [0.717, 1.165) is 0 Å². The molecule has 1 aliphatic heterocycles. The zero-order valence-corrected chi connectivity index (χ0v) is 11.2. The minimum absolute atomic E-state index is 0.204. The maximum Gasteiger partial charge on any atom is 0.309 e. The molecule has 1 saturated heterocycles. The Kier molecular flexibility index (Phi) is 3.59. The summed E-state index contributed by atoms with van der Waals surface area (Å²) >= 11 is 0. The van der Waals surface area contributed by atoms with Crippen molar-refractivity contribution in [3.8, 4) is 0 Å². The van der Waals surface area contributed by atoms with E-state index in [-0.39, 0.29) is 11.7 Å². The van der Waals surface area contributed by atoms with Gasteiger partial charge in [0.25, 0.3) is 5.91 Å². The highest BCUT2D eigenvalue weighted by atomic mass is 16.4. The fourth-order valence-corrected chi connectivity index (χ4v) is 2.51. The van der Waals surface area contributed by atoms with Crippen molar-refractivity contribution in [3.63, 3.8) is 0 Å². The number of amides is 1. The number of oxazole rings is 1. The van der Waals surface area contributed by atoms with Crippen molar-refractivity contribution in [2.75, 3.05) is 13.1 Å². The van der Waals surface area contributed by atoms with Crippen LogP contribution in [0.2, 0.25) is 0 Å². The average Bonchev–Trinajstić information content (AvgIpc) is 2.84. The van der Waals surface area contributed by atoms with Gasteiger partial charge in [-0.15, -0.1) is 0 Å². The number of rotatable bonds is 3. The van der Waals surface area contributed by atoms with E-state index in [1.165, 1.54) is 6.39 Å². The summed E-state index contributed by atoms with van der Waals surface area (Å²) in [6, 6.07) is 0. The molecule has 104 valence electrons. The van der Waals surface area contributed by atoms with Gasteiger partial charge in [0.1, 0.15) is 0 Å². The molecule has 0 unspecified atom stereocenters. The predicted octanol–water partition coefficient (Wildman–Crippen LogP) is 1.70. The Morgan fingerprint density at radius 3 is 2.53 bits per heavy atom. The van der Waals surface area contributed by atoms with Crippen molar-refractivity contribution in [2.24, 2.45) is 5.41 Å². The lowest BCUT2D eigenvalue weighted by Gasteiger charge is -2.37. The number of carbonyl (C=O) groups is 2. The number of carbonyl (C=O) groups excluding carboxylic acids is 1. The number of aryl methyl sites for hydroxylation is 1. The van der Waals surface area contributed by atoms with Gasteiger partial charge in [0.15, 0.2) is 6.39 Å². The average molecular weight is 266 g/mol. The second kappa shape index (κ2) is 5.03. The Hall–Kier alpha value is -1.85. The predicted molar refractivity (Wildman–Crippen MR) is 66.7 cm³/mol. The van der Waals surface area contributed by atoms with Gasteiger partial charge in [-0.05, 0) is 26.2 Å². The molecule has 1 amide bonds. The van der Waals surface area contributed by atoms with Gasteiger partial charge in [-0.3, -0.25) is 9.59 Å². The number of nitrogens with zero attached hydrogens (tertiary/aromatic N) is 2. The van der Waals surface area contributed by atoms with Crippen LogP contribution < -0.4 is 0 Å². The van der Waals surface area contributed by atoms with Crippen LogP contribution in [-0.4, -0.2) is 40.0 Å². The molecule has 0 aromatic carbocycles. The number of hydrogen-bond donors (Lipinski definition) is 1. The summed E-state index contributed by atoms with van der Waals surface area (Å²) < 4.78 is 5.09. The summed E-state index contributed by atoms with van der Waals surface area (Å²) in [5.41, 5.74) is -0.122. The maximum atomic E-state index is 12.2. The molecule has 1 aliphatic rings. The number of aliphatic carboxylic acids is 1. The molecule has 0 atom stereocenters. The van der Waals surface area contributed by atoms with Crippen LogP contribution >= 0.6 is 0 Å². The maximum absolute atomic E-state index is 12.2. The summed E-state index contributed by atoms with van der Waals surface area (Å²) in [5.74, 6) is -0.720. The Bertz CT molecular complexity index is 487. The van der Waals surface area contributed by atoms with Crippen LogP contribution in [0.25, 0.3) is 0 Å². The lowest BCUT2D eigenvalue weighted by Crippen LogP contribution is -2.46. The second-order valence-electron chi connectivity index (χ2n) is 5.00. The summed E-state index contributed by atoms with van der Waals surface area (Å²) in [4.78, 5) is 29.1. The number of carboxylic acid groups (broad SMARTS) is 1. The molecule has 19 heavy (non-hydrogen) atoms. The fourth-order valence-electron chi connectivity index (χ4n) is 2.51. The van der Waals surface area contributed by atoms with E-state index in [4.69, 9.17) is 4.42 Å². The van der Waals surface area contributed by atoms with Crippen molar-refractivity contribution >= 4 is 11.9 Å². The Morgan fingerprint density at radius 2 is 2.11 bits per heavy atom. The lowest BCUT2D eigenvalue weighted by molar-refractivity contribution is -0.152. The van der Waals surface area contributed by atoms with E-state index in [0.29, 0.717) is 38.0 Å². The molecular formula is C13H18N2O4. The minimum atomic E-state index is -0.766. The standard InChI is InChI=1S/C13H18N2O4/c1-3-13(12(17)18)4-6-15(7-5-13)11(16)10-9(2)14-8-19-10/h8H,3-7H2,1-2H3,(H,17,18).